The lowest BCUT2D eigenvalue weighted by atomic mass is 9.95. The normalized spacial score (nSPS) is 21.1. The number of benzene rings is 2. The Morgan fingerprint density at radius 1 is 1.19 bits per heavy atom. The van der Waals surface area contributed by atoms with Crippen LogP contribution in [-0.2, 0) is 20.7 Å². The molecule has 6 heteroatoms. The molecule has 1 saturated carbocycles. The number of amides is 1. The Bertz CT molecular complexity index is 799. The van der Waals surface area contributed by atoms with Crippen LogP contribution < -0.4 is 5.32 Å². The molecule has 2 aromatic rings. The molecule has 0 spiro atoms. The summed E-state index contributed by atoms with van der Waals surface area (Å²) < 4.78 is 4.99. The van der Waals surface area contributed by atoms with E-state index < -0.39 is 5.41 Å². The van der Waals surface area contributed by atoms with Gasteiger partial charge in [0.25, 0.3) is 0 Å². The third kappa shape index (κ3) is 4.22. The minimum atomic E-state index is -0.666. The van der Waals surface area contributed by atoms with E-state index in [1.807, 2.05) is 48.5 Å². The van der Waals surface area contributed by atoms with Crippen molar-refractivity contribution in [2.75, 3.05) is 12.9 Å². The second kappa shape index (κ2) is 8.14. The molecular formula is C20H20ClNO3S. The maximum Gasteiger partial charge on any atom is 0.314 e. The van der Waals surface area contributed by atoms with Crippen LogP contribution in [0.3, 0.4) is 0 Å². The highest BCUT2D eigenvalue weighted by Crippen LogP contribution is 2.49. The highest BCUT2D eigenvalue weighted by molar-refractivity contribution is 8.00. The first-order chi connectivity index (χ1) is 12.5. The molecule has 0 radical (unpaired) electrons. The Balaban J connectivity index is 1.59. The second-order valence-corrected chi connectivity index (χ2v) is 7.78. The van der Waals surface area contributed by atoms with Crippen molar-refractivity contribution in [3.63, 3.8) is 0 Å². The predicted molar refractivity (Wildman–Crippen MR) is 103 cm³/mol. The Hall–Kier alpha value is -1.98. The van der Waals surface area contributed by atoms with E-state index >= 15 is 0 Å². The largest absolute Gasteiger partial charge is 0.469 e. The summed E-state index contributed by atoms with van der Waals surface area (Å²) in [5.74, 6) is -0.132. The Kier molecular flexibility index (Phi) is 5.89. The van der Waals surface area contributed by atoms with Crippen LogP contribution in [0.15, 0.2) is 59.5 Å². The number of halogens is 1. The van der Waals surface area contributed by atoms with E-state index in [2.05, 4.69) is 5.32 Å². The van der Waals surface area contributed by atoms with Crippen LogP contribution >= 0.6 is 23.4 Å². The third-order valence-corrected chi connectivity index (χ3v) is 6.08. The zero-order valence-electron chi connectivity index (χ0n) is 14.4. The fourth-order valence-corrected chi connectivity index (χ4v) is 4.14. The first-order valence-electron chi connectivity index (χ1n) is 8.34. The smallest absolute Gasteiger partial charge is 0.314 e. The van der Waals surface area contributed by atoms with Crippen molar-refractivity contribution in [2.24, 2.45) is 5.41 Å². The molecule has 4 nitrogen and oxygen atoms in total. The fraction of sp³-hybridized carbons (Fsp3) is 0.300. The molecular weight excluding hydrogens is 370 g/mol. The van der Waals surface area contributed by atoms with Gasteiger partial charge in [-0.1, -0.05) is 54.1 Å². The standard InChI is InChI=1S/C20H20ClNO3S/c1-25-19(24)20(11-14-7-3-2-4-8-14)12-17(20)22-18(23)13-26-16-10-6-5-9-15(16)21/h2-10,17H,11-13H2,1H3,(H,22,23). The number of esters is 1. The van der Waals surface area contributed by atoms with E-state index in [1.54, 1.807) is 6.07 Å². The minimum absolute atomic E-state index is 0.112. The molecule has 1 amide bonds. The van der Waals surface area contributed by atoms with Crippen LogP contribution in [0.2, 0.25) is 5.02 Å². The van der Waals surface area contributed by atoms with Crippen LogP contribution in [0.4, 0.5) is 0 Å². The molecule has 0 saturated heterocycles. The number of hydrogen-bond donors (Lipinski definition) is 1. The van der Waals surface area contributed by atoms with Gasteiger partial charge in [-0.2, -0.15) is 0 Å². The molecule has 1 aliphatic carbocycles. The van der Waals surface area contributed by atoms with Gasteiger partial charge in [0.15, 0.2) is 0 Å². The molecule has 0 bridgehead atoms. The van der Waals surface area contributed by atoms with Gasteiger partial charge >= 0.3 is 5.97 Å². The van der Waals surface area contributed by atoms with E-state index in [4.69, 9.17) is 16.3 Å². The number of ether oxygens (including phenoxy) is 1. The average molecular weight is 390 g/mol. The maximum atomic E-state index is 12.3. The molecule has 2 atom stereocenters. The molecule has 1 aliphatic rings. The summed E-state index contributed by atoms with van der Waals surface area (Å²) >= 11 is 7.49. The molecule has 3 rings (SSSR count). The summed E-state index contributed by atoms with van der Waals surface area (Å²) in [5, 5.41) is 3.60. The number of carbonyl (C=O) groups is 2. The van der Waals surface area contributed by atoms with Gasteiger partial charge < -0.3 is 10.1 Å². The number of thioether (sulfide) groups is 1. The Morgan fingerprint density at radius 2 is 1.88 bits per heavy atom. The van der Waals surface area contributed by atoms with E-state index in [9.17, 15) is 9.59 Å². The number of nitrogens with one attached hydrogen (secondary N) is 1. The van der Waals surface area contributed by atoms with Gasteiger partial charge in [0, 0.05) is 10.9 Å². The van der Waals surface area contributed by atoms with Gasteiger partial charge in [-0.25, -0.2) is 0 Å². The molecule has 0 aromatic heterocycles. The van der Waals surface area contributed by atoms with Crippen molar-refractivity contribution in [2.45, 2.75) is 23.8 Å². The van der Waals surface area contributed by atoms with Gasteiger partial charge in [0.1, 0.15) is 0 Å². The quantitative estimate of drug-likeness (QED) is 0.579. The number of hydrogen-bond acceptors (Lipinski definition) is 4. The maximum absolute atomic E-state index is 12.3. The average Bonchev–Trinajstić information content (AvgIpc) is 3.34. The van der Waals surface area contributed by atoms with Crippen molar-refractivity contribution in [3.05, 3.63) is 65.2 Å². The first kappa shape index (κ1) is 18.8. The van der Waals surface area contributed by atoms with Crippen LogP contribution in [0, 0.1) is 5.41 Å². The van der Waals surface area contributed by atoms with Crippen molar-refractivity contribution in [1.82, 2.24) is 5.32 Å². The summed E-state index contributed by atoms with van der Waals surface area (Å²) in [4.78, 5) is 25.5. The molecule has 1 N–H and O–H groups in total. The number of methoxy groups -OCH3 is 1. The molecule has 136 valence electrons. The molecule has 2 aromatic carbocycles. The van der Waals surface area contributed by atoms with E-state index in [1.165, 1.54) is 18.9 Å². The zero-order valence-corrected chi connectivity index (χ0v) is 16.0. The summed E-state index contributed by atoms with van der Waals surface area (Å²) in [6, 6.07) is 17.0. The second-order valence-electron chi connectivity index (χ2n) is 6.35. The van der Waals surface area contributed by atoms with Gasteiger partial charge in [0.05, 0.1) is 23.3 Å². The van der Waals surface area contributed by atoms with Gasteiger partial charge in [0.2, 0.25) is 5.91 Å². The van der Waals surface area contributed by atoms with Crippen molar-refractivity contribution < 1.29 is 14.3 Å². The summed E-state index contributed by atoms with van der Waals surface area (Å²) in [5.41, 5.74) is 0.390. The molecule has 26 heavy (non-hydrogen) atoms. The van der Waals surface area contributed by atoms with E-state index in [-0.39, 0.29) is 23.7 Å². The fourth-order valence-electron chi connectivity index (χ4n) is 3.09. The van der Waals surface area contributed by atoms with Gasteiger partial charge in [-0.15, -0.1) is 11.8 Å². The molecule has 0 heterocycles. The van der Waals surface area contributed by atoms with E-state index in [0.29, 0.717) is 17.9 Å². The summed E-state index contributed by atoms with van der Waals surface area (Å²) in [6.07, 6.45) is 1.15. The van der Waals surface area contributed by atoms with Gasteiger partial charge in [-0.3, -0.25) is 9.59 Å². The molecule has 0 aliphatic heterocycles. The van der Waals surface area contributed by atoms with Gasteiger partial charge in [-0.05, 0) is 30.5 Å². The lowest BCUT2D eigenvalue weighted by molar-refractivity contribution is -0.147. The van der Waals surface area contributed by atoms with E-state index in [0.717, 1.165) is 10.5 Å². The number of carbonyl (C=O) groups excluding carboxylic acids is 2. The monoisotopic (exact) mass is 389 g/mol. The van der Waals surface area contributed by atoms with Crippen molar-refractivity contribution in [1.29, 1.82) is 0 Å². The number of rotatable bonds is 7. The first-order valence-corrected chi connectivity index (χ1v) is 9.70. The molecule has 2 unspecified atom stereocenters. The van der Waals surface area contributed by atoms with Crippen molar-refractivity contribution >= 4 is 35.2 Å². The summed E-state index contributed by atoms with van der Waals surface area (Å²) in [7, 11) is 1.39. The Labute approximate surface area is 162 Å². The third-order valence-electron chi connectivity index (χ3n) is 4.56. The minimum Gasteiger partial charge on any atom is -0.469 e. The van der Waals surface area contributed by atoms with Crippen molar-refractivity contribution in [3.8, 4) is 0 Å². The van der Waals surface area contributed by atoms with Crippen LogP contribution in [-0.4, -0.2) is 30.8 Å². The lowest BCUT2D eigenvalue weighted by Crippen LogP contribution is -2.35. The highest BCUT2D eigenvalue weighted by atomic mass is 35.5. The Morgan fingerprint density at radius 3 is 2.58 bits per heavy atom. The highest BCUT2D eigenvalue weighted by Gasteiger charge is 2.61. The zero-order chi connectivity index (χ0) is 18.6. The van der Waals surface area contributed by atoms with Crippen LogP contribution in [0.25, 0.3) is 0 Å². The summed E-state index contributed by atoms with van der Waals surface area (Å²) in [6.45, 7) is 0. The predicted octanol–water partition coefficient (Wildman–Crippen LogP) is 3.72. The lowest BCUT2D eigenvalue weighted by Gasteiger charge is -2.16. The SMILES string of the molecule is COC(=O)C1(Cc2ccccc2)CC1NC(=O)CSc1ccccc1Cl. The molecule has 1 fully saturated rings. The van der Waals surface area contributed by atoms with Crippen LogP contribution in [0.1, 0.15) is 12.0 Å². The topological polar surface area (TPSA) is 55.4 Å². The van der Waals surface area contributed by atoms with Crippen LogP contribution in [0.5, 0.6) is 0 Å².